The fraction of sp³-hybridized carbons (Fsp3) is 0.364. The molecule has 1 rings (SSSR count). The maximum absolute atomic E-state index is 10.4. The number of halogens is 1. The normalized spacial score (nSPS) is 12.3. The number of rotatable bonds is 3. The van der Waals surface area contributed by atoms with Crippen molar-refractivity contribution in [3.8, 4) is 5.75 Å². The van der Waals surface area contributed by atoms with Crippen molar-refractivity contribution in [2.75, 3.05) is 0 Å². The number of hydrogen-bond donors (Lipinski definition) is 0. The third-order valence-corrected chi connectivity index (χ3v) is 2.52. The number of ether oxygens (including phenoxy) is 1. The van der Waals surface area contributed by atoms with E-state index in [0.29, 0.717) is 5.75 Å². The predicted molar refractivity (Wildman–Crippen MR) is 57.1 cm³/mol. The van der Waals surface area contributed by atoms with Gasteiger partial charge in [0.15, 0.2) is 12.4 Å². The van der Waals surface area contributed by atoms with Gasteiger partial charge in [-0.2, -0.15) is 0 Å². The Morgan fingerprint density at radius 1 is 1.36 bits per heavy atom. The minimum atomic E-state index is -0.421. The summed E-state index contributed by atoms with van der Waals surface area (Å²) in [5, 5.41) is 0.746. The number of carbonyl (C=O) groups is 1. The number of hydrogen-bond acceptors (Lipinski definition) is 2. The lowest BCUT2D eigenvalue weighted by atomic mass is 10.1. The third kappa shape index (κ3) is 2.48. The van der Waals surface area contributed by atoms with Gasteiger partial charge in [-0.3, -0.25) is 4.79 Å². The van der Waals surface area contributed by atoms with Gasteiger partial charge >= 0.3 is 0 Å². The van der Waals surface area contributed by atoms with Crippen LogP contribution in [0.15, 0.2) is 12.1 Å². The van der Waals surface area contributed by atoms with Crippen molar-refractivity contribution in [3.05, 3.63) is 28.3 Å². The van der Waals surface area contributed by atoms with Gasteiger partial charge in [0.25, 0.3) is 0 Å². The fourth-order valence-corrected chi connectivity index (χ4v) is 1.33. The number of aldehydes is 1. The summed E-state index contributed by atoms with van der Waals surface area (Å²) < 4.78 is 5.35. The monoisotopic (exact) mass is 212 g/mol. The summed E-state index contributed by atoms with van der Waals surface area (Å²) in [6.07, 6.45) is 0.342. The standard InChI is InChI=1S/C11H13ClO2/c1-7-4-10(14-9(3)6-13)5-8(2)11(7)12/h4-6,9H,1-3H3. The van der Waals surface area contributed by atoms with E-state index in [0.717, 1.165) is 22.4 Å². The molecule has 0 saturated carbocycles. The molecule has 0 saturated heterocycles. The van der Waals surface area contributed by atoms with E-state index in [2.05, 4.69) is 0 Å². The molecule has 0 radical (unpaired) electrons. The van der Waals surface area contributed by atoms with E-state index >= 15 is 0 Å². The molecule has 0 fully saturated rings. The van der Waals surface area contributed by atoms with Crippen LogP contribution in [0.3, 0.4) is 0 Å². The van der Waals surface area contributed by atoms with E-state index < -0.39 is 6.10 Å². The highest BCUT2D eigenvalue weighted by molar-refractivity contribution is 6.32. The molecule has 2 nitrogen and oxygen atoms in total. The lowest BCUT2D eigenvalue weighted by molar-refractivity contribution is -0.113. The largest absolute Gasteiger partial charge is 0.483 e. The highest BCUT2D eigenvalue weighted by atomic mass is 35.5. The van der Waals surface area contributed by atoms with Gasteiger partial charge < -0.3 is 4.74 Å². The lowest BCUT2D eigenvalue weighted by Gasteiger charge is -2.11. The summed E-state index contributed by atoms with van der Waals surface area (Å²) in [4.78, 5) is 10.4. The van der Waals surface area contributed by atoms with Crippen molar-refractivity contribution in [2.45, 2.75) is 26.9 Å². The summed E-state index contributed by atoms with van der Waals surface area (Å²) in [5.41, 5.74) is 1.92. The first-order valence-corrected chi connectivity index (χ1v) is 4.81. The molecule has 0 spiro atoms. The van der Waals surface area contributed by atoms with Crippen LogP contribution in [0, 0.1) is 13.8 Å². The number of carbonyl (C=O) groups excluding carboxylic acids is 1. The molecule has 0 amide bonds. The van der Waals surface area contributed by atoms with E-state index in [9.17, 15) is 4.79 Å². The van der Waals surface area contributed by atoms with Gasteiger partial charge in [0.2, 0.25) is 0 Å². The first-order chi connectivity index (χ1) is 6.54. The third-order valence-electron chi connectivity index (χ3n) is 1.92. The highest BCUT2D eigenvalue weighted by Crippen LogP contribution is 2.26. The molecule has 14 heavy (non-hydrogen) atoms. The average molecular weight is 213 g/mol. The minimum Gasteiger partial charge on any atom is -0.483 e. The van der Waals surface area contributed by atoms with Crippen molar-refractivity contribution < 1.29 is 9.53 Å². The summed E-state index contributed by atoms with van der Waals surface area (Å²) in [6, 6.07) is 3.66. The number of aryl methyl sites for hydroxylation is 2. The molecule has 0 bridgehead atoms. The zero-order chi connectivity index (χ0) is 10.7. The summed E-state index contributed by atoms with van der Waals surface area (Å²) in [6.45, 7) is 5.52. The van der Waals surface area contributed by atoms with Crippen LogP contribution in [0.1, 0.15) is 18.1 Å². The van der Waals surface area contributed by atoms with E-state index in [1.165, 1.54) is 0 Å². The molecule has 0 N–H and O–H groups in total. The molecule has 1 aromatic rings. The lowest BCUT2D eigenvalue weighted by Crippen LogP contribution is -2.12. The molecule has 0 heterocycles. The molecule has 1 aromatic carbocycles. The SMILES string of the molecule is Cc1cc(OC(C)C=O)cc(C)c1Cl. The summed E-state index contributed by atoms with van der Waals surface area (Å²) in [5.74, 6) is 0.684. The van der Waals surface area contributed by atoms with E-state index in [-0.39, 0.29) is 0 Å². The zero-order valence-corrected chi connectivity index (χ0v) is 9.26. The molecule has 3 heteroatoms. The topological polar surface area (TPSA) is 26.3 Å². The van der Waals surface area contributed by atoms with E-state index in [1.807, 2.05) is 26.0 Å². The van der Waals surface area contributed by atoms with Gasteiger partial charge in [-0.1, -0.05) is 11.6 Å². The molecule has 76 valence electrons. The van der Waals surface area contributed by atoms with E-state index in [4.69, 9.17) is 16.3 Å². The Balaban J connectivity index is 2.95. The van der Waals surface area contributed by atoms with Crippen LogP contribution in [0.4, 0.5) is 0 Å². The molecular weight excluding hydrogens is 200 g/mol. The molecule has 1 unspecified atom stereocenters. The van der Waals surface area contributed by atoms with Crippen molar-refractivity contribution in [1.82, 2.24) is 0 Å². The smallest absolute Gasteiger partial charge is 0.160 e. The quantitative estimate of drug-likeness (QED) is 0.721. The maximum Gasteiger partial charge on any atom is 0.160 e. The first-order valence-electron chi connectivity index (χ1n) is 4.43. The first kappa shape index (κ1) is 11.1. The minimum absolute atomic E-state index is 0.421. The Hall–Kier alpha value is -1.02. The van der Waals surface area contributed by atoms with Crippen molar-refractivity contribution >= 4 is 17.9 Å². The second kappa shape index (κ2) is 4.47. The van der Waals surface area contributed by atoms with Gasteiger partial charge in [0.1, 0.15) is 5.75 Å². The molecule has 0 aliphatic rings. The number of benzene rings is 1. The maximum atomic E-state index is 10.4. The van der Waals surface area contributed by atoms with Crippen LogP contribution in [0.2, 0.25) is 5.02 Å². The average Bonchev–Trinajstić information content (AvgIpc) is 2.14. The highest BCUT2D eigenvalue weighted by Gasteiger charge is 2.06. The van der Waals surface area contributed by atoms with Crippen LogP contribution in [-0.4, -0.2) is 12.4 Å². The molecular formula is C11H13ClO2. The van der Waals surface area contributed by atoms with Crippen molar-refractivity contribution in [3.63, 3.8) is 0 Å². The fourth-order valence-electron chi connectivity index (χ4n) is 1.22. The van der Waals surface area contributed by atoms with Crippen molar-refractivity contribution in [1.29, 1.82) is 0 Å². The van der Waals surface area contributed by atoms with Gasteiger partial charge in [0, 0.05) is 5.02 Å². The van der Waals surface area contributed by atoms with Gasteiger partial charge in [-0.05, 0) is 44.0 Å². The zero-order valence-electron chi connectivity index (χ0n) is 8.50. The van der Waals surface area contributed by atoms with Gasteiger partial charge in [0.05, 0.1) is 0 Å². The predicted octanol–water partition coefficient (Wildman–Crippen LogP) is 2.92. The van der Waals surface area contributed by atoms with Crippen molar-refractivity contribution in [2.24, 2.45) is 0 Å². The van der Waals surface area contributed by atoms with Gasteiger partial charge in [-0.25, -0.2) is 0 Å². The Morgan fingerprint density at radius 3 is 2.29 bits per heavy atom. The molecule has 0 aliphatic heterocycles. The van der Waals surface area contributed by atoms with Gasteiger partial charge in [-0.15, -0.1) is 0 Å². The second-order valence-corrected chi connectivity index (χ2v) is 3.71. The van der Waals surface area contributed by atoms with Crippen LogP contribution in [0.25, 0.3) is 0 Å². The van der Waals surface area contributed by atoms with E-state index in [1.54, 1.807) is 6.92 Å². The van der Waals surface area contributed by atoms with Crippen LogP contribution >= 0.6 is 11.6 Å². The molecule has 1 atom stereocenters. The summed E-state index contributed by atoms with van der Waals surface area (Å²) >= 11 is 5.99. The Labute approximate surface area is 88.8 Å². The van der Waals surface area contributed by atoms with Crippen LogP contribution in [0.5, 0.6) is 5.75 Å². The molecule has 0 aromatic heterocycles. The van der Waals surface area contributed by atoms with Crippen LogP contribution in [-0.2, 0) is 4.79 Å². The van der Waals surface area contributed by atoms with Crippen LogP contribution < -0.4 is 4.74 Å². The Morgan fingerprint density at radius 2 is 1.86 bits per heavy atom. The summed E-state index contributed by atoms with van der Waals surface area (Å²) in [7, 11) is 0. The Kier molecular flexibility index (Phi) is 3.53. The molecule has 0 aliphatic carbocycles. The Bertz CT molecular complexity index is 324. The second-order valence-electron chi connectivity index (χ2n) is 3.33.